The fraction of sp³-hybridized carbons (Fsp3) is 0.909. The molecule has 8 heteroatoms. The van der Waals surface area contributed by atoms with Gasteiger partial charge in [-0.3, -0.25) is 19.6 Å². The molecule has 3 aliphatic rings. The molecule has 0 unspecified atom stereocenters. The summed E-state index contributed by atoms with van der Waals surface area (Å²) in [5, 5.41) is 6.93. The minimum Gasteiger partial charge on any atom is -0.379 e. The fourth-order valence-electron chi connectivity index (χ4n) is 4.76. The number of ether oxygens (including phenoxy) is 1. The van der Waals surface area contributed by atoms with Gasteiger partial charge in [-0.05, 0) is 26.7 Å². The van der Waals surface area contributed by atoms with Crippen molar-refractivity contribution in [2.75, 3.05) is 79.2 Å². The van der Waals surface area contributed by atoms with Crippen LogP contribution in [0.1, 0.15) is 39.5 Å². The largest absolute Gasteiger partial charge is 0.379 e. The molecule has 0 radical (unpaired) electrons. The molecule has 0 atom stereocenters. The zero-order valence-electron chi connectivity index (χ0n) is 19.3. The van der Waals surface area contributed by atoms with E-state index in [9.17, 15) is 4.79 Å². The van der Waals surface area contributed by atoms with Gasteiger partial charge >= 0.3 is 0 Å². The molecule has 172 valence electrons. The van der Waals surface area contributed by atoms with E-state index in [0.717, 1.165) is 90.9 Å². The number of guanidine groups is 1. The van der Waals surface area contributed by atoms with Crippen LogP contribution in [-0.2, 0) is 9.53 Å². The van der Waals surface area contributed by atoms with Crippen LogP contribution in [-0.4, -0.2) is 111 Å². The van der Waals surface area contributed by atoms with E-state index in [4.69, 9.17) is 4.74 Å². The number of amides is 1. The van der Waals surface area contributed by atoms with Crippen molar-refractivity contribution in [3.8, 4) is 0 Å². The molecule has 2 N–H and O–H groups in total. The average Bonchev–Trinajstić information content (AvgIpc) is 3.31. The SMILES string of the molecule is CN=C(NCCN1CCN(C(=O)C2CCCC2)CC1)NCC(C)(C)N1CCOCC1. The number of hydrogen-bond acceptors (Lipinski definition) is 5. The molecule has 0 spiro atoms. The number of hydrogen-bond donors (Lipinski definition) is 2. The summed E-state index contributed by atoms with van der Waals surface area (Å²) >= 11 is 0. The Bertz CT molecular complexity index is 562. The van der Waals surface area contributed by atoms with Crippen molar-refractivity contribution in [2.45, 2.75) is 45.1 Å². The summed E-state index contributed by atoms with van der Waals surface area (Å²) in [6.45, 7) is 14.5. The van der Waals surface area contributed by atoms with E-state index >= 15 is 0 Å². The second-order valence-electron chi connectivity index (χ2n) is 9.41. The van der Waals surface area contributed by atoms with E-state index in [1.54, 1.807) is 0 Å². The van der Waals surface area contributed by atoms with Crippen LogP contribution in [0.2, 0.25) is 0 Å². The highest BCUT2D eigenvalue weighted by atomic mass is 16.5. The first-order chi connectivity index (χ1) is 14.5. The molecule has 0 aromatic rings. The number of carbonyl (C=O) groups is 1. The van der Waals surface area contributed by atoms with Gasteiger partial charge in [-0.1, -0.05) is 12.8 Å². The molecule has 2 aliphatic heterocycles. The van der Waals surface area contributed by atoms with Crippen LogP contribution in [0, 0.1) is 5.92 Å². The molecule has 2 heterocycles. The van der Waals surface area contributed by atoms with Crippen molar-refractivity contribution in [2.24, 2.45) is 10.9 Å². The van der Waals surface area contributed by atoms with Crippen LogP contribution in [0.5, 0.6) is 0 Å². The maximum Gasteiger partial charge on any atom is 0.225 e. The van der Waals surface area contributed by atoms with Gasteiger partial charge in [0, 0.05) is 77.4 Å². The van der Waals surface area contributed by atoms with E-state index in [1.807, 2.05) is 7.05 Å². The predicted molar refractivity (Wildman–Crippen MR) is 121 cm³/mol. The standard InChI is InChI=1S/C22H42N6O2/c1-22(2,28-14-16-30-17-15-28)18-25-21(23-3)24-8-9-26-10-12-27(13-11-26)20(29)19-6-4-5-7-19/h19H,4-18H2,1-3H3,(H2,23,24,25). The third-order valence-electron chi connectivity index (χ3n) is 6.89. The number of piperazine rings is 1. The molecule has 8 nitrogen and oxygen atoms in total. The topological polar surface area (TPSA) is 72.4 Å². The van der Waals surface area contributed by atoms with Crippen molar-refractivity contribution in [1.29, 1.82) is 0 Å². The number of carbonyl (C=O) groups excluding carboxylic acids is 1. The Morgan fingerprint density at radius 1 is 1.03 bits per heavy atom. The highest BCUT2D eigenvalue weighted by molar-refractivity contribution is 5.80. The third-order valence-corrected chi connectivity index (χ3v) is 6.89. The Hall–Kier alpha value is -1.38. The monoisotopic (exact) mass is 422 g/mol. The summed E-state index contributed by atoms with van der Waals surface area (Å²) in [6.07, 6.45) is 4.64. The Kier molecular flexibility index (Phi) is 8.77. The van der Waals surface area contributed by atoms with E-state index in [1.165, 1.54) is 12.8 Å². The van der Waals surface area contributed by atoms with Gasteiger partial charge in [0.25, 0.3) is 0 Å². The van der Waals surface area contributed by atoms with Crippen LogP contribution < -0.4 is 10.6 Å². The minimum atomic E-state index is 0.0591. The van der Waals surface area contributed by atoms with E-state index in [-0.39, 0.29) is 5.54 Å². The maximum absolute atomic E-state index is 12.6. The molecule has 3 fully saturated rings. The van der Waals surface area contributed by atoms with Crippen LogP contribution in [0.25, 0.3) is 0 Å². The quantitative estimate of drug-likeness (QED) is 0.462. The minimum absolute atomic E-state index is 0.0591. The number of aliphatic imine (C=N–C) groups is 1. The highest BCUT2D eigenvalue weighted by Gasteiger charge is 2.30. The van der Waals surface area contributed by atoms with Crippen molar-refractivity contribution < 1.29 is 9.53 Å². The summed E-state index contributed by atoms with van der Waals surface area (Å²) in [6, 6.07) is 0. The Labute approximate surface area is 182 Å². The van der Waals surface area contributed by atoms with Crippen LogP contribution in [0.4, 0.5) is 0 Å². The summed E-state index contributed by atoms with van der Waals surface area (Å²) in [5.41, 5.74) is 0.0591. The Morgan fingerprint density at radius 2 is 1.70 bits per heavy atom. The number of nitrogens with one attached hydrogen (secondary N) is 2. The van der Waals surface area contributed by atoms with E-state index in [0.29, 0.717) is 11.8 Å². The van der Waals surface area contributed by atoms with Gasteiger partial charge in [0.2, 0.25) is 5.91 Å². The van der Waals surface area contributed by atoms with Crippen molar-refractivity contribution in [3.05, 3.63) is 0 Å². The fourth-order valence-corrected chi connectivity index (χ4v) is 4.76. The summed E-state index contributed by atoms with van der Waals surface area (Å²) in [5.74, 6) is 1.55. The highest BCUT2D eigenvalue weighted by Crippen LogP contribution is 2.26. The van der Waals surface area contributed by atoms with Gasteiger partial charge in [-0.15, -0.1) is 0 Å². The maximum atomic E-state index is 12.6. The first-order valence-electron chi connectivity index (χ1n) is 11.8. The normalized spacial score (nSPS) is 23.0. The van der Waals surface area contributed by atoms with Gasteiger partial charge in [0.1, 0.15) is 0 Å². The van der Waals surface area contributed by atoms with E-state index < -0.39 is 0 Å². The Morgan fingerprint density at radius 3 is 2.33 bits per heavy atom. The number of nitrogens with zero attached hydrogens (tertiary/aromatic N) is 4. The molecule has 0 aromatic heterocycles. The second kappa shape index (κ2) is 11.3. The summed E-state index contributed by atoms with van der Waals surface area (Å²) < 4.78 is 5.47. The van der Waals surface area contributed by atoms with Gasteiger partial charge < -0.3 is 20.3 Å². The summed E-state index contributed by atoms with van der Waals surface area (Å²) in [4.78, 5) is 24.0. The van der Waals surface area contributed by atoms with Gasteiger partial charge in [-0.25, -0.2) is 0 Å². The lowest BCUT2D eigenvalue weighted by Crippen LogP contribution is -2.57. The molecule has 0 aromatic carbocycles. The smallest absolute Gasteiger partial charge is 0.225 e. The predicted octanol–water partition coefficient (Wildman–Crippen LogP) is 0.597. The number of rotatable bonds is 7. The molecule has 0 bridgehead atoms. The molecule has 3 rings (SSSR count). The Balaban J connectivity index is 1.31. The van der Waals surface area contributed by atoms with Crippen LogP contribution >= 0.6 is 0 Å². The van der Waals surface area contributed by atoms with Crippen molar-refractivity contribution in [3.63, 3.8) is 0 Å². The number of morpholine rings is 1. The van der Waals surface area contributed by atoms with Gasteiger partial charge in [0.15, 0.2) is 5.96 Å². The lowest BCUT2D eigenvalue weighted by molar-refractivity contribution is -0.137. The lowest BCUT2D eigenvalue weighted by Gasteiger charge is -2.41. The zero-order chi connectivity index (χ0) is 21.4. The average molecular weight is 423 g/mol. The molecule has 2 saturated heterocycles. The van der Waals surface area contributed by atoms with Gasteiger partial charge in [-0.2, -0.15) is 0 Å². The summed E-state index contributed by atoms with van der Waals surface area (Å²) in [7, 11) is 1.82. The van der Waals surface area contributed by atoms with Crippen molar-refractivity contribution >= 4 is 11.9 Å². The second-order valence-corrected chi connectivity index (χ2v) is 9.41. The van der Waals surface area contributed by atoms with Crippen molar-refractivity contribution in [1.82, 2.24) is 25.3 Å². The van der Waals surface area contributed by atoms with Crippen LogP contribution in [0.3, 0.4) is 0 Å². The molecular weight excluding hydrogens is 380 g/mol. The van der Waals surface area contributed by atoms with E-state index in [2.05, 4.69) is 44.2 Å². The third kappa shape index (κ3) is 6.56. The first-order valence-corrected chi connectivity index (χ1v) is 11.8. The molecule has 30 heavy (non-hydrogen) atoms. The molecule has 1 aliphatic carbocycles. The molecule has 1 amide bonds. The lowest BCUT2D eigenvalue weighted by atomic mass is 10.0. The first kappa shape index (κ1) is 23.3. The van der Waals surface area contributed by atoms with Gasteiger partial charge in [0.05, 0.1) is 13.2 Å². The van der Waals surface area contributed by atoms with Crippen LogP contribution in [0.15, 0.2) is 4.99 Å². The zero-order valence-corrected chi connectivity index (χ0v) is 19.3. The molecular formula is C22H42N6O2. The molecule has 1 saturated carbocycles.